The van der Waals surface area contributed by atoms with Gasteiger partial charge >= 0.3 is 6.36 Å². The highest BCUT2D eigenvalue weighted by Crippen LogP contribution is 2.26. The van der Waals surface area contributed by atoms with Gasteiger partial charge in [-0.1, -0.05) is 18.2 Å². The van der Waals surface area contributed by atoms with Gasteiger partial charge in [0.25, 0.3) is 5.56 Å². The topological polar surface area (TPSA) is 86.1 Å². The van der Waals surface area contributed by atoms with Crippen LogP contribution in [0.15, 0.2) is 71.8 Å². The summed E-state index contributed by atoms with van der Waals surface area (Å²) in [5.41, 5.74) is 0.887. The van der Waals surface area contributed by atoms with Crippen molar-refractivity contribution in [3.8, 4) is 11.4 Å². The second-order valence-corrected chi connectivity index (χ2v) is 7.13. The molecule has 0 aliphatic heterocycles. The first-order valence-electron chi connectivity index (χ1n) is 9.78. The fourth-order valence-electron chi connectivity index (χ4n) is 3.45. The number of halogens is 3. The van der Waals surface area contributed by atoms with E-state index in [1.807, 2.05) is 0 Å². The second-order valence-electron chi connectivity index (χ2n) is 7.13. The van der Waals surface area contributed by atoms with E-state index in [1.165, 1.54) is 16.7 Å². The van der Waals surface area contributed by atoms with Gasteiger partial charge in [0, 0.05) is 18.5 Å². The minimum Gasteiger partial charge on any atom is -0.406 e. The van der Waals surface area contributed by atoms with Gasteiger partial charge < -0.3 is 10.1 Å². The number of aryl methyl sites for hydroxylation is 1. The first kappa shape index (κ1) is 22.0. The maximum atomic E-state index is 13.4. The number of nitrogens with zero attached hydrogens (tertiary/aromatic N) is 3. The van der Waals surface area contributed by atoms with Crippen molar-refractivity contribution >= 4 is 22.5 Å². The van der Waals surface area contributed by atoms with Crippen LogP contribution in [0, 0.1) is 6.92 Å². The maximum absolute atomic E-state index is 13.4. The zero-order valence-corrected chi connectivity index (χ0v) is 17.3. The van der Waals surface area contributed by atoms with Crippen LogP contribution in [0.4, 0.5) is 18.9 Å². The Balaban J connectivity index is 1.75. The lowest BCUT2D eigenvalue weighted by atomic mass is 10.1. The van der Waals surface area contributed by atoms with Crippen molar-refractivity contribution in [3.63, 3.8) is 0 Å². The molecule has 0 atom stereocenters. The molecule has 0 unspecified atom stereocenters. The Morgan fingerprint density at radius 3 is 2.64 bits per heavy atom. The van der Waals surface area contributed by atoms with E-state index in [0.717, 1.165) is 12.1 Å². The highest BCUT2D eigenvalue weighted by molar-refractivity contribution is 6.01. The Labute approximate surface area is 185 Å². The SMILES string of the molecule is Cc1nc2cccc(NC(=O)Cc3cccnc3)c2c(=O)n1-c1cccc(OC(F)(F)F)c1. The molecule has 0 saturated carbocycles. The summed E-state index contributed by atoms with van der Waals surface area (Å²) in [5, 5.41) is 2.85. The zero-order chi connectivity index (χ0) is 23.6. The summed E-state index contributed by atoms with van der Waals surface area (Å²) in [6.45, 7) is 1.56. The third-order valence-corrected chi connectivity index (χ3v) is 4.74. The molecule has 33 heavy (non-hydrogen) atoms. The van der Waals surface area contributed by atoms with E-state index in [9.17, 15) is 22.8 Å². The minimum absolute atomic E-state index is 0.0501. The molecule has 4 rings (SSSR count). The van der Waals surface area contributed by atoms with Gasteiger partial charge in [-0.05, 0) is 42.8 Å². The fraction of sp³-hybridized carbons (Fsp3) is 0.130. The van der Waals surface area contributed by atoms with Gasteiger partial charge in [-0.25, -0.2) is 4.98 Å². The van der Waals surface area contributed by atoms with Crippen molar-refractivity contribution in [2.24, 2.45) is 0 Å². The van der Waals surface area contributed by atoms with Crippen LogP contribution in [0.3, 0.4) is 0 Å². The molecule has 0 aliphatic rings. The van der Waals surface area contributed by atoms with Gasteiger partial charge in [0.2, 0.25) is 5.91 Å². The number of pyridine rings is 1. The molecule has 10 heteroatoms. The number of rotatable bonds is 5. The molecule has 0 fully saturated rings. The lowest BCUT2D eigenvalue weighted by Gasteiger charge is -2.15. The van der Waals surface area contributed by atoms with E-state index in [4.69, 9.17) is 0 Å². The number of ether oxygens (including phenoxy) is 1. The smallest absolute Gasteiger partial charge is 0.406 e. The molecule has 0 radical (unpaired) electrons. The Kier molecular flexibility index (Phi) is 5.82. The lowest BCUT2D eigenvalue weighted by Crippen LogP contribution is -2.24. The highest BCUT2D eigenvalue weighted by Gasteiger charge is 2.31. The fourth-order valence-corrected chi connectivity index (χ4v) is 3.45. The van der Waals surface area contributed by atoms with Gasteiger partial charge in [0.1, 0.15) is 11.6 Å². The van der Waals surface area contributed by atoms with Crippen LogP contribution >= 0.6 is 0 Å². The van der Waals surface area contributed by atoms with Gasteiger partial charge in [-0.2, -0.15) is 0 Å². The molecule has 0 saturated heterocycles. The quantitative estimate of drug-likeness (QED) is 0.489. The molecule has 1 N–H and O–H groups in total. The van der Waals surface area contributed by atoms with E-state index in [2.05, 4.69) is 20.0 Å². The number of carbonyl (C=O) groups excluding carboxylic acids is 1. The van der Waals surface area contributed by atoms with E-state index in [0.29, 0.717) is 11.1 Å². The van der Waals surface area contributed by atoms with Crippen molar-refractivity contribution in [1.29, 1.82) is 0 Å². The van der Waals surface area contributed by atoms with Crippen LogP contribution in [0.5, 0.6) is 5.75 Å². The largest absolute Gasteiger partial charge is 0.573 e. The van der Waals surface area contributed by atoms with Crippen LogP contribution in [-0.2, 0) is 11.2 Å². The molecule has 2 heterocycles. The number of amides is 1. The summed E-state index contributed by atoms with van der Waals surface area (Å²) >= 11 is 0. The number of hydrogen-bond acceptors (Lipinski definition) is 5. The molecule has 0 aliphatic carbocycles. The molecule has 4 aromatic rings. The summed E-state index contributed by atoms with van der Waals surface area (Å²) in [5.74, 6) is -0.567. The van der Waals surface area contributed by atoms with Crippen LogP contribution < -0.4 is 15.6 Å². The second kappa shape index (κ2) is 8.73. The maximum Gasteiger partial charge on any atom is 0.573 e. The average Bonchev–Trinajstić information content (AvgIpc) is 2.73. The number of alkyl halides is 3. The number of nitrogens with one attached hydrogen (secondary N) is 1. The Hall–Kier alpha value is -4.21. The van der Waals surface area contributed by atoms with Crippen molar-refractivity contribution in [2.75, 3.05) is 5.32 Å². The van der Waals surface area contributed by atoms with Gasteiger partial charge in [0.05, 0.1) is 28.7 Å². The number of carbonyl (C=O) groups is 1. The van der Waals surface area contributed by atoms with Crippen molar-refractivity contribution < 1.29 is 22.7 Å². The van der Waals surface area contributed by atoms with E-state index in [1.54, 1.807) is 49.6 Å². The predicted octanol–water partition coefficient (Wildman–Crippen LogP) is 4.17. The van der Waals surface area contributed by atoms with Crippen LogP contribution in [-0.4, -0.2) is 26.8 Å². The Bertz CT molecular complexity index is 1390. The Morgan fingerprint density at radius 1 is 1.12 bits per heavy atom. The van der Waals surface area contributed by atoms with E-state index < -0.39 is 17.7 Å². The number of fused-ring (bicyclic) bond motifs is 1. The highest BCUT2D eigenvalue weighted by atomic mass is 19.4. The summed E-state index contributed by atoms with van der Waals surface area (Å²) in [6, 6.07) is 13.3. The minimum atomic E-state index is -4.87. The first-order valence-corrected chi connectivity index (χ1v) is 9.78. The average molecular weight is 454 g/mol. The number of hydrogen-bond donors (Lipinski definition) is 1. The molecule has 7 nitrogen and oxygen atoms in total. The molecule has 2 aromatic heterocycles. The molecule has 168 valence electrons. The number of benzene rings is 2. The van der Waals surface area contributed by atoms with Gasteiger partial charge in [-0.3, -0.25) is 19.1 Å². The third kappa shape index (κ3) is 5.00. The molecular weight excluding hydrogens is 437 g/mol. The standard InChI is InChI=1S/C23H17F3N4O3/c1-14-28-18-8-3-9-19(29-20(31)11-15-5-4-10-27-13-15)21(18)22(32)30(14)16-6-2-7-17(12-16)33-23(24,25)26/h2-10,12-13H,11H2,1H3,(H,29,31). The summed E-state index contributed by atoms with van der Waals surface area (Å²) in [6.07, 6.45) is -1.66. The van der Waals surface area contributed by atoms with Crippen LogP contribution in [0.2, 0.25) is 0 Å². The molecule has 2 aromatic carbocycles. The van der Waals surface area contributed by atoms with Crippen molar-refractivity contribution in [1.82, 2.24) is 14.5 Å². The van der Waals surface area contributed by atoms with E-state index in [-0.39, 0.29) is 34.9 Å². The van der Waals surface area contributed by atoms with Crippen molar-refractivity contribution in [3.05, 3.63) is 88.7 Å². The molecule has 1 amide bonds. The Morgan fingerprint density at radius 2 is 1.91 bits per heavy atom. The van der Waals surface area contributed by atoms with Gasteiger partial charge in [-0.15, -0.1) is 13.2 Å². The molecule has 0 bridgehead atoms. The molecular formula is C23H17F3N4O3. The number of aromatic nitrogens is 3. The van der Waals surface area contributed by atoms with Crippen molar-refractivity contribution in [2.45, 2.75) is 19.7 Å². The predicted molar refractivity (Wildman–Crippen MR) is 115 cm³/mol. The summed E-state index contributed by atoms with van der Waals surface area (Å²) in [4.78, 5) is 34.3. The van der Waals surface area contributed by atoms with Crippen LogP contribution in [0.1, 0.15) is 11.4 Å². The van der Waals surface area contributed by atoms with E-state index >= 15 is 0 Å². The van der Waals surface area contributed by atoms with Crippen LogP contribution in [0.25, 0.3) is 16.6 Å². The number of anilines is 1. The monoisotopic (exact) mass is 454 g/mol. The normalized spacial score (nSPS) is 11.4. The molecule has 0 spiro atoms. The van der Waals surface area contributed by atoms with Gasteiger partial charge in [0.15, 0.2) is 0 Å². The first-order chi connectivity index (χ1) is 15.7. The summed E-state index contributed by atoms with van der Waals surface area (Å²) in [7, 11) is 0. The summed E-state index contributed by atoms with van der Waals surface area (Å²) < 4.78 is 43.0. The lowest BCUT2D eigenvalue weighted by molar-refractivity contribution is -0.274. The third-order valence-electron chi connectivity index (χ3n) is 4.74. The zero-order valence-electron chi connectivity index (χ0n) is 17.3.